The molecule has 0 amide bonds. The Morgan fingerprint density at radius 3 is 2.28 bits per heavy atom. The van der Waals surface area contributed by atoms with Crippen LogP contribution in [0.2, 0.25) is 5.02 Å². The number of halogens is 2. The van der Waals surface area contributed by atoms with Crippen LogP contribution in [0.25, 0.3) is 0 Å². The van der Waals surface area contributed by atoms with Gasteiger partial charge in [-0.1, -0.05) is 11.6 Å². The zero-order valence-electron chi connectivity index (χ0n) is 13.9. The van der Waals surface area contributed by atoms with Crippen molar-refractivity contribution in [3.8, 4) is 0 Å². The van der Waals surface area contributed by atoms with Gasteiger partial charge in [0.1, 0.15) is 5.82 Å². The topological polar surface area (TPSA) is 26.7 Å². The predicted octanol–water partition coefficient (Wildman–Crippen LogP) is 3.75. The molecule has 2 aromatic carbocycles. The number of piperazine rings is 1. The maximum absolute atomic E-state index is 13.0. The first-order valence-corrected chi connectivity index (χ1v) is 9.76. The van der Waals surface area contributed by atoms with Gasteiger partial charge in [0.25, 0.3) is 0 Å². The van der Waals surface area contributed by atoms with E-state index < -0.39 is 0 Å². The van der Waals surface area contributed by atoms with E-state index in [0.29, 0.717) is 12.3 Å². The van der Waals surface area contributed by atoms with E-state index in [9.17, 15) is 9.50 Å². The second-order valence-corrected chi connectivity index (χ2v) is 7.71. The quantitative estimate of drug-likeness (QED) is 0.772. The molecule has 1 saturated heterocycles. The Morgan fingerprint density at radius 2 is 1.64 bits per heavy atom. The monoisotopic (exact) mass is 380 g/mol. The lowest BCUT2D eigenvalue weighted by atomic mass is 10.2. The number of hydrogen-bond donors (Lipinski definition) is 1. The first-order valence-electron chi connectivity index (χ1n) is 8.39. The molecule has 3 rings (SSSR count). The summed E-state index contributed by atoms with van der Waals surface area (Å²) in [7, 11) is 0. The summed E-state index contributed by atoms with van der Waals surface area (Å²) in [5, 5.41) is 11.0. The maximum Gasteiger partial charge on any atom is 0.123 e. The standard InChI is InChI=1S/C19H22ClFN2OS/c20-15-1-7-19(8-2-15)25-14-18(24)13-22-9-11-23(12-10-22)17-5-3-16(21)4-6-17/h1-8,18,24H,9-14H2. The Hall–Kier alpha value is -1.27. The van der Waals surface area contributed by atoms with Gasteiger partial charge in [-0.2, -0.15) is 0 Å². The Kier molecular flexibility index (Phi) is 6.59. The van der Waals surface area contributed by atoms with E-state index in [2.05, 4.69) is 9.80 Å². The van der Waals surface area contributed by atoms with Crippen LogP contribution in [0, 0.1) is 5.82 Å². The highest BCUT2D eigenvalue weighted by Gasteiger charge is 2.19. The van der Waals surface area contributed by atoms with Crippen LogP contribution in [0.3, 0.4) is 0 Å². The number of thioether (sulfide) groups is 1. The van der Waals surface area contributed by atoms with Crippen LogP contribution in [0.1, 0.15) is 0 Å². The Labute approximate surface area is 157 Å². The lowest BCUT2D eigenvalue weighted by Crippen LogP contribution is -2.48. The lowest BCUT2D eigenvalue weighted by molar-refractivity contribution is 0.126. The largest absolute Gasteiger partial charge is 0.391 e. The molecule has 1 unspecified atom stereocenters. The molecule has 1 N–H and O–H groups in total. The second kappa shape index (κ2) is 8.90. The van der Waals surface area contributed by atoms with Gasteiger partial charge in [0.05, 0.1) is 6.10 Å². The highest BCUT2D eigenvalue weighted by molar-refractivity contribution is 7.99. The van der Waals surface area contributed by atoms with Crippen molar-refractivity contribution in [2.24, 2.45) is 0 Å². The minimum Gasteiger partial charge on any atom is -0.391 e. The molecular formula is C19H22ClFN2OS. The number of hydrogen-bond acceptors (Lipinski definition) is 4. The van der Waals surface area contributed by atoms with Gasteiger partial charge in [-0.15, -0.1) is 11.8 Å². The lowest BCUT2D eigenvalue weighted by Gasteiger charge is -2.36. The number of benzene rings is 2. The van der Waals surface area contributed by atoms with Crippen LogP contribution >= 0.6 is 23.4 Å². The second-order valence-electron chi connectivity index (χ2n) is 6.18. The maximum atomic E-state index is 13.0. The van der Waals surface area contributed by atoms with Crippen molar-refractivity contribution in [3.63, 3.8) is 0 Å². The van der Waals surface area contributed by atoms with Crippen LogP contribution in [-0.2, 0) is 0 Å². The fourth-order valence-corrected chi connectivity index (χ4v) is 3.86. The molecule has 1 heterocycles. The van der Waals surface area contributed by atoms with Gasteiger partial charge < -0.3 is 10.0 Å². The number of aliphatic hydroxyl groups excluding tert-OH is 1. The molecule has 0 aliphatic carbocycles. The van der Waals surface area contributed by atoms with Crippen LogP contribution < -0.4 is 4.90 Å². The van der Waals surface area contributed by atoms with Crippen LogP contribution in [0.4, 0.5) is 10.1 Å². The summed E-state index contributed by atoms with van der Waals surface area (Å²) in [6, 6.07) is 14.3. The van der Waals surface area contributed by atoms with E-state index in [1.165, 1.54) is 12.1 Å². The normalized spacial score (nSPS) is 16.8. The zero-order chi connectivity index (χ0) is 17.6. The summed E-state index contributed by atoms with van der Waals surface area (Å²) in [5.74, 6) is 0.462. The molecule has 0 radical (unpaired) electrons. The van der Waals surface area contributed by atoms with Gasteiger partial charge in [0, 0.05) is 54.1 Å². The van der Waals surface area contributed by atoms with Crippen molar-refractivity contribution in [3.05, 3.63) is 59.4 Å². The van der Waals surface area contributed by atoms with Gasteiger partial charge >= 0.3 is 0 Å². The fourth-order valence-electron chi connectivity index (χ4n) is 2.91. The molecule has 134 valence electrons. The van der Waals surface area contributed by atoms with Crippen LogP contribution in [0.15, 0.2) is 53.4 Å². The van der Waals surface area contributed by atoms with E-state index >= 15 is 0 Å². The molecule has 0 bridgehead atoms. The van der Waals surface area contributed by atoms with E-state index in [-0.39, 0.29) is 11.9 Å². The molecule has 25 heavy (non-hydrogen) atoms. The summed E-state index contributed by atoms with van der Waals surface area (Å²) >= 11 is 7.52. The van der Waals surface area contributed by atoms with Gasteiger partial charge in [0.15, 0.2) is 0 Å². The molecule has 1 atom stereocenters. The summed E-state index contributed by atoms with van der Waals surface area (Å²) < 4.78 is 13.0. The third-order valence-electron chi connectivity index (χ3n) is 4.29. The third-order valence-corrected chi connectivity index (χ3v) is 5.70. The van der Waals surface area contributed by atoms with E-state index in [1.54, 1.807) is 11.8 Å². The molecular weight excluding hydrogens is 359 g/mol. The summed E-state index contributed by atoms with van der Waals surface area (Å²) in [4.78, 5) is 5.65. The number of aliphatic hydroxyl groups is 1. The molecule has 1 aliphatic heterocycles. The molecule has 1 fully saturated rings. The molecule has 6 heteroatoms. The minimum absolute atomic E-state index is 0.205. The molecule has 0 spiro atoms. The average Bonchev–Trinajstić information content (AvgIpc) is 2.63. The molecule has 2 aromatic rings. The van der Waals surface area contributed by atoms with Gasteiger partial charge in [0.2, 0.25) is 0 Å². The van der Waals surface area contributed by atoms with Gasteiger partial charge in [-0.05, 0) is 48.5 Å². The van der Waals surface area contributed by atoms with Crippen molar-refractivity contribution < 1.29 is 9.50 Å². The number of rotatable bonds is 6. The molecule has 0 saturated carbocycles. The highest BCUT2D eigenvalue weighted by atomic mass is 35.5. The molecule has 1 aliphatic rings. The van der Waals surface area contributed by atoms with Crippen LogP contribution in [-0.4, -0.2) is 54.6 Å². The first kappa shape index (κ1) is 18.5. The first-order chi connectivity index (χ1) is 12.1. The smallest absolute Gasteiger partial charge is 0.123 e. The van der Waals surface area contributed by atoms with E-state index in [4.69, 9.17) is 11.6 Å². The van der Waals surface area contributed by atoms with Gasteiger partial charge in [-0.25, -0.2) is 4.39 Å². The van der Waals surface area contributed by atoms with Gasteiger partial charge in [-0.3, -0.25) is 4.90 Å². The summed E-state index contributed by atoms with van der Waals surface area (Å²) in [5.41, 5.74) is 1.06. The van der Waals surface area contributed by atoms with E-state index in [1.807, 2.05) is 36.4 Å². The number of β-amino-alcohol motifs (C(OH)–C–C–N with tert-alkyl or cyclic N) is 1. The Balaban J connectivity index is 1.40. The summed E-state index contributed by atoms with van der Waals surface area (Å²) in [6.07, 6.45) is -0.363. The van der Waals surface area contributed by atoms with Crippen molar-refractivity contribution >= 4 is 29.1 Å². The molecule has 0 aromatic heterocycles. The van der Waals surface area contributed by atoms with Crippen molar-refractivity contribution in [1.82, 2.24) is 4.90 Å². The predicted molar refractivity (Wildman–Crippen MR) is 103 cm³/mol. The Bertz CT molecular complexity index is 660. The van der Waals surface area contributed by atoms with Crippen molar-refractivity contribution in [2.45, 2.75) is 11.0 Å². The minimum atomic E-state index is -0.363. The Morgan fingerprint density at radius 1 is 1.00 bits per heavy atom. The van der Waals surface area contributed by atoms with E-state index in [0.717, 1.165) is 41.8 Å². The fraction of sp³-hybridized carbons (Fsp3) is 0.368. The highest BCUT2D eigenvalue weighted by Crippen LogP contribution is 2.22. The molecule has 3 nitrogen and oxygen atoms in total. The third kappa shape index (κ3) is 5.61. The van der Waals surface area contributed by atoms with Crippen LogP contribution in [0.5, 0.6) is 0 Å². The SMILES string of the molecule is OC(CSc1ccc(Cl)cc1)CN1CCN(c2ccc(F)cc2)CC1. The van der Waals surface area contributed by atoms with Crippen molar-refractivity contribution in [2.75, 3.05) is 43.4 Å². The zero-order valence-corrected chi connectivity index (χ0v) is 15.5. The number of nitrogens with zero attached hydrogens (tertiary/aromatic N) is 2. The summed E-state index contributed by atoms with van der Waals surface area (Å²) in [6.45, 7) is 4.27. The van der Waals surface area contributed by atoms with Crippen molar-refractivity contribution in [1.29, 1.82) is 0 Å². The number of anilines is 1. The average molecular weight is 381 g/mol.